The standard InChI is InChI=1S/C28H38F3N5O2Si/c1-27(2,37)8-6-22-14-24-25(21-15-33-35(17-21)20-38-12-13-39(3,4)5)19-36(26(24)16-32-22)23-7-10-34(18-23)11-9-28(29,30)31/h14-17,19,23,37H,7,9-13,18,20H2,1-5H3/i15D,17D. The van der Waals surface area contributed by atoms with Crippen molar-refractivity contribution in [2.45, 2.75) is 76.9 Å². The van der Waals surface area contributed by atoms with E-state index in [9.17, 15) is 18.3 Å². The predicted octanol–water partition coefficient (Wildman–Crippen LogP) is 5.53. The second-order valence-corrected chi connectivity index (χ2v) is 17.5. The number of nitrogens with zero attached hydrogens (tertiary/aromatic N) is 5. The lowest BCUT2D eigenvalue weighted by atomic mass is 10.1. The average molecular weight is 564 g/mol. The number of hydrogen-bond acceptors (Lipinski definition) is 5. The van der Waals surface area contributed by atoms with Crippen LogP contribution in [0.25, 0.3) is 22.0 Å². The summed E-state index contributed by atoms with van der Waals surface area (Å²) in [5.74, 6) is 5.64. The molecule has 7 nitrogen and oxygen atoms in total. The molecule has 0 bridgehead atoms. The van der Waals surface area contributed by atoms with Crippen LogP contribution >= 0.6 is 0 Å². The van der Waals surface area contributed by atoms with Crippen LogP contribution in [0.5, 0.6) is 0 Å². The Labute approximate surface area is 231 Å². The Morgan fingerprint density at radius 3 is 2.74 bits per heavy atom. The maximum Gasteiger partial charge on any atom is 0.390 e. The van der Waals surface area contributed by atoms with Crippen molar-refractivity contribution in [1.82, 2.24) is 24.2 Å². The van der Waals surface area contributed by atoms with E-state index < -0.39 is 26.3 Å². The lowest BCUT2D eigenvalue weighted by Crippen LogP contribution is -2.26. The molecular weight excluding hydrogens is 523 g/mol. The molecule has 0 spiro atoms. The van der Waals surface area contributed by atoms with E-state index in [-0.39, 0.29) is 31.7 Å². The van der Waals surface area contributed by atoms with Gasteiger partial charge in [-0.3, -0.25) is 0 Å². The number of halogens is 3. The van der Waals surface area contributed by atoms with Gasteiger partial charge in [0.1, 0.15) is 18.0 Å². The van der Waals surface area contributed by atoms with Gasteiger partial charge in [-0.25, -0.2) is 9.67 Å². The van der Waals surface area contributed by atoms with Crippen molar-refractivity contribution in [3.8, 4) is 23.0 Å². The van der Waals surface area contributed by atoms with Crippen LogP contribution in [0.4, 0.5) is 13.2 Å². The van der Waals surface area contributed by atoms with Crippen molar-refractivity contribution in [2.24, 2.45) is 0 Å². The zero-order valence-corrected chi connectivity index (χ0v) is 24.2. The summed E-state index contributed by atoms with van der Waals surface area (Å²) in [4.78, 5) is 6.26. The topological polar surface area (TPSA) is 68.3 Å². The lowest BCUT2D eigenvalue weighted by Gasteiger charge is -2.18. The third-order valence-electron chi connectivity index (χ3n) is 6.57. The van der Waals surface area contributed by atoms with E-state index in [0.717, 1.165) is 11.6 Å². The summed E-state index contributed by atoms with van der Waals surface area (Å²) >= 11 is 0. The molecular formula is C28H38F3N5O2Si. The van der Waals surface area contributed by atoms with Crippen LogP contribution in [-0.4, -0.2) is 75.4 Å². The van der Waals surface area contributed by atoms with Crippen molar-refractivity contribution in [3.05, 3.63) is 36.5 Å². The van der Waals surface area contributed by atoms with Gasteiger partial charge in [0.15, 0.2) is 0 Å². The fourth-order valence-corrected chi connectivity index (χ4v) is 5.22. The van der Waals surface area contributed by atoms with Gasteiger partial charge >= 0.3 is 6.18 Å². The van der Waals surface area contributed by atoms with E-state index in [4.69, 9.17) is 7.48 Å². The minimum atomic E-state index is -4.20. The van der Waals surface area contributed by atoms with Crippen LogP contribution in [0.15, 0.2) is 30.8 Å². The highest BCUT2D eigenvalue weighted by Crippen LogP contribution is 2.35. The van der Waals surface area contributed by atoms with Crippen molar-refractivity contribution in [3.63, 3.8) is 0 Å². The van der Waals surface area contributed by atoms with E-state index in [0.29, 0.717) is 48.3 Å². The number of ether oxygens (including phenoxy) is 1. The summed E-state index contributed by atoms with van der Waals surface area (Å²) in [6.45, 7) is 11.5. The van der Waals surface area contributed by atoms with Crippen LogP contribution in [0.3, 0.4) is 0 Å². The van der Waals surface area contributed by atoms with Crippen molar-refractivity contribution in [1.29, 1.82) is 0 Å². The minimum Gasteiger partial charge on any atom is -0.378 e. The maximum atomic E-state index is 12.8. The largest absolute Gasteiger partial charge is 0.390 e. The van der Waals surface area contributed by atoms with Crippen molar-refractivity contribution < 1.29 is 25.8 Å². The first-order chi connectivity index (χ1) is 19.0. The number of pyridine rings is 1. The molecule has 4 rings (SSSR count). The summed E-state index contributed by atoms with van der Waals surface area (Å²) < 4.78 is 65.0. The summed E-state index contributed by atoms with van der Waals surface area (Å²) in [5.41, 5.74) is 0.869. The zero-order chi connectivity index (χ0) is 30.2. The maximum absolute atomic E-state index is 12.8. The van der Waals surface area contributed by atoms with Crippen molar-refractivity contribution in [2.75, 3.05) is 26.2 Å². The molecule has 39 heavy (non-hydrogen) atoms. The van der Waals surface area contributed by atoms with Crippen molar-refractivity contribution >= 4 is 19.0 Å². The number of likely N-dealkylation sites (tertiary alicyclic amines) is 1. The third kappa shape index (κ3) is 8.41. The summed E-state index contributed by atoms with van der Waals surface area (Å²) in [6.07, 6.45) is -0.922. The number of aliphatic hydroxyl groups is 1. The second kappa shape index (κ2) is 11.5. The predicted molar refractivity (Wildman–Crippen MR) is 149 cm³/mol. The van der Waals surface area contributed by atoms with Gasteiger partial charge in [0.25, 0.3) is 0 Å². The Balaban J connectivity index is 1.70. The molecule has 1 aliphatic rings. The molecule has 0 radical (unpaired) electrons. The Hall–Kier alpha value is -2.65. The molecule has 3 aromatic heterocycles. The monoisotopic (exact) mass is 563 g/mol. The first-order valence-electron chi connectivity index (χ1n) is 14.2. The number of alkyl halides is 3. The van der Waals surface area contributed by atoms with Crippen LogP contribution in [0, 0.1) is 11.8 Å². The van der Waals surface area contributed by atoms with Gasteiger partial charge in [0, 0.05) is 69.2 Å². The van der Waals surface area contributed by atoms with E-state index in [2.05, 4.69) is 41.6 Å². The number of rotatable bonds is 9. The zero-order valence-electron chi connectivity index (χ0n) is 25.2. The Morgan fingerprint density at radius 2 is 2.05 bits per heavy atom. The molecule has 3 aromatic rings. The molecule has 0 amide bonds. The highest BCUT2D eigenvalue weighted by Gasteiger charge is 2.31. The summed E-state index contributed by atoms with van der Waals surface area (Å²) in [5, 5.41) is 15.0. The summed E-state index contributed by atoms with van der Waals surface area (Å²) in [7, 11) is -1.29. The van der Waals surface area contributed by atoms with Gasteiger partial charge < -0.3 is 19.3 Å². The van der Waals surface area contributed by atoms with Crippen LogP contribution < -0.4 is 0 Å². The molecule has 11 heteroatoms. The Morgan fingerprint density at radius 1 is 1.28 bits per heavy atom. The quantitative estimate of drug-likeness (QED) is 0.211. The Bertz CT molecular complexity index is 1450. The molecule has 1 atom stereocenters. The van der Waals surface area contributed by atoms with Gasteiger partial charge in [0.2, 0.25) is 0 Å². The first-order valence-corrected chi connectivity index (χ1v) is 16.9. The molecule has 1 fully saturated rings. The molecule has 1 aliphatic heterocycles. The fourth-order valence-electron chi connectivity index (χ4n) is 4.46. The average Bonchev–Trinajstić information content (AvgIpc) is 3.53. The van der Waals surface area contributed by atoms with Gasteiger partial charge in [-0.05, 0) is 38.3 Å². The first kappa shape index (κ1) is 26.6. The minimum absolute atomic E-state index is 0.0428. The SMILES string of the molecule is [2H]c1nn(COCC[Si](C)(C)C)c([2H])c1-c1cn(C2CCN(CCC(F)(F)F)C2)c2cnc(C#CC(C)(C)O)cc12. The van der Waals surface area contributed by atoms with Gasteiger partial charge in [-0.2, -0.15) is 18.3 Å². The molecule has 0 saturated carbocycles. The Kier molecular flexibility index (Phi) is 7.80. The molecule has 4 heterocycles. The van der Waals surface area contributed by atoms with E-state index in [1.54, 1.807) is 26.1 Å². The van der Waals surface area contributed by atoms with E-state index >= 15 is 0 Å². The molecule has 1 saturated heterocycles. The smallest absolute Gasteiger partial charge is 0.378 e. The number of aromatic nitrogens is 4. The summed E-state index contributed by atoms with van der Waals surface area (Å²) in [6, 6.07) is 2.63. The van der Waals surface area contributed by atoms with Crippen LogP contribution in [0.2, 0.25) is 25.7 Å². The molecule has 0 aromatic carbocycles. The number of fused-ring (bicyclic) bond motifs is 1. The second-order valence-electron chi connectivity index (χ2n) is 11.9. The van der Waals surface area contributed by atoms with Crippen LogP contribution in [0.1, 0.15) is 41.2 Å². The number of hydrogen-bond donors (Lipinski definition) is 1. The fraction of sp³-hybridized carbons (Fsp3) is 0.571. The van der Waals surface area contributed by atoms with Gasteiger partial charge in [0.05, 0.1) is 27.0 Å². The molecule has 0 aliphatic carbocycles. The lowest BCUT2D eigenvalue weighted by molar-refractivity contribution is -0.137. The third-order valence-corrected chi connectivity index (χ3v) is 8.28. The molecule has 1 N–H and O–H groups in total. The van der Waals surface area contributed by atoms with Gasteiger partial charge in [-0.15, -0.1) is 0 Å². The molecule has 212 valence electrons. The van der Waals surface area contributed by atoms with E-state index in [1.165, 1.54) is 4.68 Å². The van der Waals surface area contributed by atoms with Gasteiger partial charge in [-0.1, -0.05) is 25.6 Å². The highest BCUT2D eigenvalue weighted by molar-refractivity contribution is 6.76. The highest BCUT2D eigenvalue weighted by atomic mass is 28.3. The van der Waals surface area contributed by atoms with Crippen LogP contribution in [-0.2, 0) is 11.5 Å². The normalized spacial score (nSPS) is 17.8. The molecule has 1 unspecified atom stereocenters. The van der Waals surface area contributed by atoms with E-state index in [1.807, 2.05) is 15.7 Å².